The monoisotopic (exact) mass is 384 g/mol. The smallest absolute Gasteiger partial charge is 0.261 e. The molecule has 1 aliphatic carbocycles. The molecule has 4 rings (SSSR count). The van der Waals surface area contributed by atoms with Crippen molar-refractivity contribution in [2.45, 2.75) is 38.3 Å². The molecule has 0 unspecified atom stereocenters. The molecule has 6 heteroatoms. The van der Waals surface area contributed by atoms with Crippen molar-refractivity contribution in [3.63, 3.8) is 0 Å². The van der Waals surface area contributed by atoms with Gasteiger partial charge in [0.15, 0.2) is 0 Å². The number of thiophene rings is 1. The van der Waals surface area contributed by atoms with Gasteiger partial charge in [-0.15, -0.1) is 11.3 Å². The van der Waals surface area contributed by atoms with Crippen LogP contribution in [0.15, 0.2) is 41.8 Å². The van der Waals surface area contributed by atoms with E-state index < -0.39 is 0 Å². The van der Waals surface area contributed by atoms with Gasteiger partial charge in [0.1, 0.15) is 5.75 Å². The first kappa shape index (κ1) is 18.0. The van der Waals surface area contributed by atoms with Crippen LogP contribution < -0.4 is 10.1 Å². The Morgan fingerprint density at radius 1 is 1.22 bits per heavy atom. The van der Waals surface area contributed by atoms with Crippen LogP contribution in [-0.4, -0.2) is 41.9 Å². The fraction of sp³-hybridized carbons (Fsp3) is 0.429. The number of nitrogens with zero attached hydrogens (tertiary/aromatic N) is 1. The summed E-state index contributed by atoms with van der Waals surface area (Å²) in [5.41, 5.74) is 1.01. The minimum Gasteiger partial charge on any atom is -0.494 e. The van der Waals surface area contributed by atoms with Crippen LogP contribution in [0.1, 0.15) is 35.0 Å². The number of hydrogen-bond donors (Lipinski definition) is 1. The number of amides is 2. The highest BCUT2D eigenvalue weighted by molar-refractivity contribution is 7.12. The third-order valence-corrected chi connectivity index (χ3v) is 6.38. The van der Waals surface area contributed by atoms with Gasteiger partial charge in [0, 0.05) is 18.6 Å². The molecule has 142 valence electrons. The first-order valence-corrected chi connectivity index (χ1v) is 10.4. The summed E-state index contributed by atoms with van der Waals surface area (Å²) < 4.78 is 5.45. The predicted octanol–water partition coefficient (Wildman–Crippen LogP) is 3.11. The predicted molar refractivity (Wildman–Crippen MR) is 105 cm³/mol. The molecule has 1 saturated carbocycles. The van der Waals surface area contributed by atoms with Crippen LogP contribution in [-0.2, 0) is 11.2 Å². The molecule has 1 N–H and O–H groups in total. The number of nitrogens with one attached hydrogen (secondary N) is 1. The Bertz CT molecular complexity index is 803. The Morgan fingerprint density at radius 3 is 2.67 bits per heavy atom. The van der Waals surface area contributed by atoms with E-state index in [1.807, 2.05) is 53.6 Å². The van der Waals surface area contributed by atoms with Gasteiger partial charge in [0.25, 0.3) is 5.91 Å². The van der Waals surface area contributed by atoms with Gasteiger partial charge in [0.05, 0.1) is 17.9 Å². The number of rotatable bonds is 6. The Balaban J connectivity index is 1.31. The van der Waals surface area contributed by atoms with Crippen LogP contribution in [0.2, 0.25) is 0 Å². The van der Waals surface area contributed by atoms with Crippen LogP contribution in [0.5, 0.6) is 5.75 Å². The van der Waals surface area contributed by atoms with Crippen molar-refractivity contribution in [1.82, 2.24) is 10.2 Å². The van der Waals surface area contributed by atoms with Crippen molar-refractivity contribution in [3.05, 3.63) is 52.2 Å². The lowest BCUT2D eigenvalue weighted by Crippen LogP contribution is -2.48. The number of likely N-dealkylation sites (tertiary alicyclic amines) is 1. The van der Waals surface area contributed by atoms with Gasteiger partial charge in [-0.2, -0.15) is 0 Å². The van der Waals surface area contributed by atoms with Crippen LogP contribution in [0.4, 0.5) is 0 Å². The molecule has 5 nitrogen and oxygen atoms in total. The van der Waals surface area contributed by atoms with Gasteiger partial charge in [-0.3, -0.25) is 9.59 Å². The molecule has 2 aliphatic rings. The molecule has 0 radical (unpaired) electrons. The molecular weight excluding hydrogens is 360 g/mol. The molecule has 2 amide bonds. The zero-order valence-corrected chi connectivity index (χ0v) is 16.2. The van der Waals surface area contributed by atoms with Gasteiger partial charge in [-0.25, -0.2) is 0 Å². The van der Waals surface area contributed by atoms with E-state index in [0.29, 0.717) is 18.9 Å². The Kier molecular flexibility index (Phi) is 5.16. The van der Waals surface area contributed by atoms with Gasteiger partial charge < -0.3 is 15.0 Å². The van der Waals surface area contributed by atoms with Crippen LogP contribution in [0.25, 0.3) is 0 Å². The second kappa shape index (κ2) is 7.72. The van der Waals surface area contributed by atoms with Crippen LogP contribution in [0.3, 0.4) is 0 Å². The maximum absolute atomic E-state index is 12.7. The lowest BCUT2D eigenvalue weighted by atomic mass is 10.0. The highest BCUT2D eigenvalue weighted by Gasteiger charge is 2.46. The zero-order valence-electron chi connectivity index (χ0n) is 15.4. The largest absolute Gasteiger partial charge is 0.494 e. The highest BCUT2D eigenvalue weighted by atomic mass is 32.1. The van der Waals surface area contributed by atoms with E-state index in [1.165, 1.54) is 11.3 Å². The normalized spacial score (nSPS) is 23.4. The van der Waals surface area contributed by atoms with Crippen molar-refractivity contribution >= 4 is 23.2 Å². The third kappa shape index (κ3) is 3.86. The molecule has 2 bridgehead atoms. The number of carbonyl (C=O) groups excluding carboxylic acids is 2. The maximum atomic E-state index is 12.7. The van der Waals surface area contributed by atoms with Crippen molar-refractivity contribution in [2.75, 3.05) is 13.2 Å². The summed E-state index contributed by atoms with van der Waals surface area (Å²) in [4.78, 5) is 27.8. The van der Waals surface area contributed by atoms with Gasteiger partial charge in [-0.1, -0.05) is 18.2 Å². The van der Waals surface area contributed by atoms with E-state index in [4.69, 9.17) is 4.74 Å². The summed E-state index contributed by atoms with van der Waals surface area (Å²) in [6, 6.07) is 11.9. The standard InChI is InChI=1S/C21H24N2O3S/c1-2-26-17-7-5-14(6-8-17)10-20(24)23-13-15-11-16(23)12-18(15)22-21(25)19-4-3-9-27-19/h3-9,15-16,18H,2,10-13H2,1H3,(H,22,25)/t15-,16-,18-/m0/s1. The van der Waals surface area contributed by atoms with Crippen LogP contribution >= 0.6 is 11.3 Å². The molecule has 1 saturated heterocycles. The SMILES string of the molecule is CCOc1ccc(CC(=O)N2C[C@@H]3C[C@H]2C[C@@H]3NC(=O)c2cccs2)cc1. The third-order valence-electron chi connectivity index (χ3n) is 5.51. The fourth-order valence-electron chi connectivity index (χ4n) is 4.23. The number of hydrogen-bond acceptors (Lipinski definition) is 4. The molecule has 27 heavy (non-hydrogen) atoms. The van der Waals surface area contributed by atoms with Gasteiger partial charge >= 0.3 is 0 Å². The first-order chi connectivity index (χ1) is 13.1. The fourth-order valence-corrected chi connectivity index (χ4v) is 4.86. The summed E-state index contributed by atoms with van der Waals surface area (Å²) in [6.07, 6.45) is 2.27. The summed E-state index contributed by atoms with van der Waals surface area (Å²) in [6.45, 7) is 3.34. The Labute approximate surface area is 163 Å². The van der Waals surface area contributed by atoms with E-state index in [9.17, 15) is 9.59 Å². The summed E-state index contributed by atoms with van der Waals surface area (Å²) in [7, 11) is 0. The molecule has 1 aliphatic heterocycles. The summed E-state index contributed by atoms with van der Waals surface area (Å²) in [5, 5.41) is 5.07. The number of ether oxygens (including phenoxy) is 1. The average molecular weight is 385 g/mol. The van der Waals surface area contributed by atoms with E-state index in [-0.39, 0.29) is 23.9 Å². The van der Waals surface area contributed by atoms with E-state index in [0.717, 1.165) is 35.6 Å². The molecular formula is C21H24N2O3S. The van der Waals surface area contributed by atoms with Crippen LogP contribution in [0, 0.1) is 5.92 Å². The second-order valence-corrected chi connectivity index (χ2v) is 8.19. The first-order valence-electron chi connectivity index (χ1n) is 9.49. The topological polar surface area (TPSA) is 58.6 Å². The lowest BCUT2D eigenvalue weighted by molar-refractivity contribution is -0.132. The minimum atomic E-state index is 0.00909. The summed E-state index contributed by atoms with van der Waals surface area (Å²) >= 11 is 1.46. The molecule has 1 aromatic heterocycles. The molecule has 0 spiro atoms. The molecule has 3 atom stereocenters. The van der Waals surface area contributed by atoms with E-state index >= 15 is 0 Å². The molecule has 1 aromatic carbocycles. The number of piperidine rings is 1. The average Bonchev–Trinajstić information content (AvgIpc) is 3.40. The van der Waals surface area contributed by atoms with Crippen molar-refractivity contribution in [2.24, 2.45) is 5.92 Å². The lowest BCUT2D eigenvalue weighted by Gasteiger charge is -2.32. The molecule has 2 fully saturated rings. The van der Waals surface area contributed by atoms with Gasteiger partial charge in [-0.05, 0) is 54.8 Å². The summed E-state index contributed by atoms with van der Waals surface area (Å²) in [5.74, 6) is 1.38. The minimum absolute atomic E-state index is 0.00909. The maximum Gasteiger partial charge on any atom is 0.261 e. The van der Waals surface area contributed by atoms with Crippen molar-refractivity contribution in [3.8, 4) is 5.75 Å². The van der Waals surface area contributed by atoms with E-state index in [1.54, 1.807) is 0 Å². The number of fused-ring (bicyclic) bond motifs is 2. The Morgan fingerprint density at radius 2 is 2.04 bits per heavy atom. The quantitative estimate of drug-likeness (QED) is 0.833. The number of carbonyl (C=O) groups is 2. The zero-order chi connectivity index (χ0) is 18.8. The Hall–Kier alpha value is -2.34. The van der Waals surface area contributed by atoms with Gasteiger partial charge in [0.2, 0.25) is 5.91 Å². The van der Waals surface area contributed by atoms with Crippen molar-refractivity contribution in [1.29, 1.82) is 0 Å². The molecule has 2 heterocycles. The van der Waals surface area contributed by atoms with E-state index in [2.05, 4.69) is 5.32 Å². The molecule has 2 aromatic rings. The highest BCUT2D eigenvalue weighted by Crippen LogP contribution is 2.38. The second-order valence-electron chi connectivity index (χ2n) is 7.24. The number of benzene rings is 1. The van der Waals surface area contributed by atoms with Crippen molar-refractivity contribution < 1.29 is 14.3 Å².